The first kappa shape index (κ1) is 15.8. The van der Waals surface area contributed by atoms with Gasteiger partial charge in [0.25, 0.3) is 0 Å². The summed E-state index contributed by atoms with van der Waals surface area (Å²) < 4.78 is 0. The summed E-state index contributed by atoms with van der Waals surface area (Å²) in [6.07, 6.45) is 6.74. The predicted molar refractivity (Wildman–Crippen MR) is 88.4 cm³/mol. The van der Waals surface area contributed by atoms with Crippen molar-refractivity contribution >= 4 is 0 Å². The van der Waals surface area contributed by atoms with Crippen molar-refractivity contribution in [2.24, 2.45) is 28.4 Å². The molecule has 4 nitrogen and oxygen atoms in total. The molecule has 3 saturated carbocycles. The van der Waals surface area contributed by atoms with Crippen molar-refractivity contribution in [1.29, 1.82) is 0 Å². The van der Waals surface area contributed by atoms with Gasteiger partial charge in [0.15, 0.2) is 0 Å². The second-order valence-corrected chi connectivity index (χ2v) is 8.80. The maximum absolute atomic E-state index is 10.3. The lowest BCUT2D eigenvalue weighted by atomic mass is 9.51. The van der Waals surface area contributed by atoms with Crippen LogP contribution in [0.25, 0.3) is 0 Å². The molecule has 3 fully saturated rings. The second kappa shape index (κ2) is 4.92. The van der Waals surface area contributed by atoms with Gasteiger partial charge in [0.05, 0.1) is 18.3 Å². The lowest BCUT2D eigenvalue weighted by Gasteiger charge is -2.55. The van der Waals surface area contributed by atoms with Gasteiger partial charge in [-0.25, -0.2) is 0 Å². The Morgan fingerprint density at radius 1 is 1.04 bits per heavy atom. The molecule has 128 valence electrons. The average Bonchev–Trinajstić information content (AvgIpc) is 2.73. The molecule has 0 spiro atoms. The Bertz CT molecular complexity index is 585. The summed E-state index contributed by atoms with van der Waals surface area (Å²) >= 11 is 0. The van der Waals surface area contributed by atoms with Crippen LogP contribution in [0.4, 0.5) is 0 Å². The number of aliphatic hydroxyl groups is 3. The highest BCUT2D eigenvalue weighted by atomic mass is 16.3. The van der Waals surface area contributed by atoms with Gasteiger partial charge in [-0.3, -0.25) is 0 Å². The Labute approximate surface area is 138 Å². The molecule has 4 unspecified atom stereocenters. The molecule has 0 aliphatic heterocycles. The molecule has 0 bridgehead atoms. The molecule has 0 radical (unpaired) electrons. The summed E-state index contributed by atoms with van der Waals surface area (Å²) in [7, 11) is 0. The third kappa shape index (κ3) is 1.98. The van der Waals surface area contributed by atoms with Crippen LogP contribution >= 0.6 is 0 Å². The molecule has 8 atom stereocenters. The van der Waals surface area contributed by atoms with Crippen molar-refractivity contribution < 1.29 is 15.3 Å². The van der Waals surface area contributed by atoms with Crippen LogP contribution in [0.2, 0.25) is 0 Å². The molecule has 5 N–H and O–H groups in total. The molecule has 4 heteroatoms. The van der Waals surface area contributed by atoms with Crippen molar-refractivity contribution in [3.63, 3.8) is 0 Å². The van der Waals surface area contributed by atoms with Crippen molar-refractivity contribution in [3.8, 4) is 0 Å². The normalized spacial score (nSPS) is 55.4. The minimum Gasteiger partial charge on any atom is -0.391 e. The summed E-state index contributed by atoms with van der Waals surface area (Å²) in [5.74, 6) is 0.741. The number of rotatable bonds is 0. The molecule has 4 aliphatic rings. The minimum absolute atomic E-state index is 0.0176. The van der Waals surface area contributed by atoms with Crippen molar-refractivity contribution in [2.75, 3.05) is 0 Å². The lowest BCUT2D eigenvalue weighted by molar-refractivity contribution is -0.0436. The molecule has 0 aromatic rings. The van der Waals surface area contributed by atoms with Gasteiger partial charge in [0, 0.05) is 6.04 Å². The first-order valence-corrected chi connectivity index (χ1v) is 8.98. The number of hydrogen-bond donors (Lipinski definition) is 4. The van der Waals surface area contributed by atoms with E-state index in [1.807, 2.05) is 0 Å². The molecule has 4 rings (SSSR count). The standard InChI is InChI=1S/C19H29NO3/c1-18-6-5-12-11(13(18)8-15(22)17(18)20)4-3-10-7-14(21)16(23)9-19(10,12)2/h3-4,12-17,21-23H,5-9,20H2,1-2H3/t12-,13+,14?,15?,16?,17?,18+,19+/m1/s1. The lowest BCUT2D eigenvalue weighted by Crippen LogP contribution is -2.51. The van der Waals surface area contributed by atoms with Crippen LogP contribution in [0.1, 0.15) is 46.0 Å². The topological polar surface area (TPSA) is 86.7 Å². The van der Waals surface area contributed by atoms with Gasteiger partial charge in [-0.05, 0) is 54.8 Å². The molecule has 4 aliphatic carbocycles. The smallest absolute Gasteiger partial charge is 0.0836 e. The SMILES string of the molecule is C[C@]12CC(O)C(O)CC1=CC=C1[C@H]2CC[C@]2(C)C(N)C(O)C[C@@H]12. The van der Waals surface area contributed by atoms with Gasteiger partial charge in [-0.2, -0.15) is 0 Å². The number of fused-ring (bicyclic) bond motifs is 5. The van der Waals surface area contributed by atoms with Crippen LogP contribution < -0.4 is 5.73 Å². The van der Waals surface area contributed by atoms with E-state index in [4.69, 9.17) is 5.73 Å². The van der Waals surface area contributed by atoms with Gasteiger partial charge in [-0.15, -0.1) is 0 Å². The first-order valence-electron chi connectivity index (χ1n) is 8.98. The maximum Gasteiger partial charge on any atom is 0.0836 e. The summed E-state index contributed by atoms with van der Waals surface area (Å²) in [4.78, 5) is 0. The summed E-state index contributed by atoms with van der Waals surface area (Å²) in [5, 5.41) is 30.6. The molecule has 0 saturated heterocycles. The molecular weight excluding hydrogens is 290 g/mol. The number of aliphatic hydroxyl groups excluding tert-OH is 3. The zero-order valence-electron chi connectivity index (χ0n) is 14.1. The Morgan fingerprint density at radius 3 is 2.52 bits per heavy atom. The van der Waals surface area contributed by atoms with E-state index in [0.29, 0.717) is 24.7 Å². The fourth-order valence-electron chi connectivity index (χ4n) is 6.09. The van der Waals surface area contributed by atoms with E-state index in [9.17, 15) is 15.3 Å². The van der Waals surface area contributed by atoms with Gasteiger partial charge >= 0.3 is 0 Å². The van der Waals surface area contributed by atoms with Crippen LogP contribution in [-0.4, -0.2) is 39.7 Å². The van der Waals surface area contributed by atoms with E-state index in [2.05, 4.69) is 26.0 Å². The Balaban J connectivity index is 1.74. The fraction of sp³-hybridized carbons (Fsp3) is 0.789. The van der Waals surface area contributed by atoms with E-state index in [-0.39, 0.29) is 16.9 Å². The Hall–Kier alpha value is -0.680. The van der Waals surface area contributed by atoms with Crippen LogP contribution in [0.5, 0.6) is 0 Å². The summed E-state index contributed by atoms with van der Waals surface area (Å²) in [6.45, 7) is 4.48. The monoisotopic (exact) mass is 319 g/mol. The second-order valence-electron chi connectivity index (χ2n) is 8.80. The molecule has 0 amide bonds. The van der Waals surface area contributed by atoms with Gasteiger partial charge in [0.2, 0.25) is 0 Å². The third-order valence-corrected chi connectivity index (χ3v) is 7.71. The van der Waals surface area contributed by atoms with Crippen molar-refractivity contribution in [1.82, 2.24) is 0 Å². The maximum atomic E-state index is 10.3. The zero-order valence-corrected chi connectivity index (χ0v) is 14.1. The quantitative estimate of drug-likeness (QED) is 0.545. The van der Waals surface area contributed by atoms with E-state index in [1.54, 1.807) is 0 Å². The van der Waals surface area contributed by atoms with Crippen LogP contribution in [0.15, 0.2) is 23.3 Å². The van der Waals surface area contributed by atoms with E-state index in [1.165, 1.54) is 11.1 Å². The highest BCUT2D eigenvalue weighted by molar-refractivity contribution is 5.39. The van der Waals surface area contributed by atoms with Gasteiger partial charge < -0.3 is 21.1 Å². The summed E-state index contributed by atoms with van der Waals surface area (Å²) in [6, 6.07) is -0.147. The van der Waals surface area contributed by atoms with Crippen LogP contribution in [0, 0.1) is 22.7 Å². The minimum atomic E-state index is -0.639. The zero-order chi connectivity index (χ0) is 16.6. The van der Waals surface area contributed by atoms with Crippen LogP contribution in [0.3, 0.4) is 0 Å². The number of nitrogens with two attached hydrogens (primary N) is 1. The molecule has 0 aromatic heterocycles. The largest absolute Gasteiger partial charge is 0.391 e. The molecule has 23 heavy (non-hydrogen) atoms. The van der Waals surface area contributed by atoms with E-state index >= 15 is 0 Å². The molecule has 0 aromatic carbocycles. The van der Waals surface area contributed by atoms with Crippen LogP contribution in [-0.2, 0) is 0 Å². The predicted octanol–water partition coefficient (Wildman–Crippen LogP) is 1.50. The van der Waals surface area contributed by atoms with E-state index in [0.717, 1.165) is 19.3 Å². The average molecular weight is 319 g/mol. The van der Waals surface area contributed by atoms with Crippen molar-refractivity contribution in [3.05, 3.63) is 23.3 Å². The molecule has 0 heterocycles. The van der Waals surface area contributed by atoms with Crippen molar-refractivity contribution in [2.45, 2.75) is 70.3 Å². The number of allylic oxidation sites excluding steroid dienone is 3. The Morgan fingerprint density at radius 2 is 1.78 bits per heavy atom. The fourth-order valence-corrected chi connectivity index (χ4v) is 6.09. The highest BCUT2D eigenvalue weighted by Gasteiger charge is 2.58. The Kier molecular flexibility index (Phi) is 3.38. The summed E-state index contributed by atoms with van der Waals surface area (Å²) in [5.41, 5.74) is 8.93. The molecular formula is C19H29NO3. The number of hydrogen-bond acceptors (Lipinski definition) is 4. The first-order chi connectivity index (χ1) is 10.8. The van der Waals surface area contributed by atoms with Gasteiger partial charge in [-0.1, -0.05) is 37.1 Å². The van der Waals surface area contributed by atoms with E-state index < -0.39 is 18.3 Å². The van der Waals surface area contributed by atoms with Gasteiger partial charge in [0.1, 0.15) is 0 Å². The highest BCUT2D eigenvalue weighted by Crippen LogP contribution is 2.63. The third-order valence-electron chi connectivity index (χ3n) is 7.71.